The summed E-state index contributed by atoms with van der Waals surface area (Å²) in [5, 5.41) is 2.56. The molecule has 100 valence electrons. The highest BCUT2D eigenvalue weighted by molar-refractivity contribution is 5.93. The Morgan fingerprint density at radius 1 is 0.737 bits per heavy atom. The number of hydrogen-bond acceptors (Lipinski definition) is 1. The fraction of sp³-hybridized carbons (Fsp3) is 0.235. The molecular formula is C17H21NO. The number of rotatable bonds is 1. The average Bonchev–Trinajstić information content (AvgIpc) is 2.43. The van der Waals surface area contributed by atoms with Crippen molar-refractivity contribution in [1.82, 2.24) is 5.32 Å². The molecule has 0 saturated carbocycles. The normalized spacial score (nSPS) is 9.26. The van der Waals surface area contributed by atoms with Crippen LogP contribution in [0.2, 0.25) is 0 Å². The minimum Gasteiger partial charge on any atom is -0.355 e. The molecule has 0 aliphatic heterocycles. The minimum absolute atomic E-state index is 0.0370. The molecule has 0 atom stereocenters. The Kier molecular flexibility index (Phi) is 5.80. The van der Waals surface area contributed by atoms with E-state index in [2.05, 4.69) is 43.4 Å². The molecule has 0 unspecified atom stereocenters. The predicted molar refractivity (Wildman–Crippen MR) is 80.5 cm³/mol. The highest BCUT2D eigenvalue weighted by Gasteiger charge is 1.99. The van der Waals surface area contributed by atoms with E-state index in [0.717, 1.165) is 5.56 Å². The molecule has 0 heterocycles. The van der Waals surface area contributed by atoms with Crippen molar-refractivity contribution in [3.63, 3.8) is 0 Å². The standard InChI is InChI=1S/C9H11NO.C8H10/c1-7-3-5-8(6-4-7)9(11)10-2;1-7-3-5-8(2)6-4-7/h3-6H,1-2H3,(H,10,11);3-6H,1-2H3. The van der Waals surface area contributed by atoms with Crippen LogP contribution in [-0.2, 0) is 0 Å². The van der Waals surface area contributed by atoms with Gasteiger partial charge < -0.3 is 5.32 Å². The molecule has 0 aliphatic rings. The van der Waals surface area contributed by atoms with Crippen molar-refractivity contribution in [3.05, 3.63) is 70.8 Å². The van der Waals surface area contributed by atoms with Crippen LogP contribution in [0.15, 0.2) is 48.5 Å². The Bertz CT molecular complexity index is 491. The van der Waals surface area contributed by atoms with Gasteiger partial charge in [0.05, 0.1) is 0 Å². The van der Waals surface area contributed by atoms with Crippen molar-refractivity contribution in [2.75, 3.05) is 7.05 Å². The quantitative estimate of drug-likeness (QED) is 0.828. The van der Waals surface area contributed by atoms with E-state index >= 15 is 0 Å². The third-order valence-electron chi connectivity index (χ3n) is 2.76. The lowest BCUT2D eigenvalue weighted by Crippen LogP contribution is -2.17. The summed E-state index contributed by atoms with van der Waals surface area (Å²) in [6, 6.07) is 16.0. The van der Waals surface area contributed by atoms with Crippen LogP contribution in [0.4, 0.5) is 0 Å². The molecule has 1 N–H and O–H groups in total. The van der Waals surface area contributed by atoms with Gasteiger partial charge in [0.2, 0.25) is 0 Å². The number of nitrogens with one attached hydrogen (secondary N) is 1. The maximum Gasteiger partial charge on any atom is 0.251 e. The number of carbonyl (C=O) groups is 1. The van der Waals surface area contributed by atoms with Gasteiger partial charge >= 0.3 is 0 Å². The minimum atomic E-state index is -0.0370. The van der Waals surface area contributed by atoms with Crippen LogP contribution in [0.5, 0.6) is 0 Å². The Balaban J connectivity index is 0.000000200. The van der Waals surface area contributed by atoms with Gasteiger partial charge in [0.25, 0.3) is 5.91 Å². The highest BCUT2D eigenvalue weighted by Crippen LogP contribution is 2.02. The van der Waals surface area contributed by atoms with Gasteiger partial charge in [0, 0.05) is 12.6 Å². The van der Waals surface area contributed by atoms with Gasteiger partial charge in [0.15, 0.2) is 0 Å². The Morgan fingerprint density at radius 3 is 1.37 bits per heavy atom. The molecule has 19 heavy (non-hydrogen) atoms. The molecule has 0 saturated heterocycles. The second-order valence-electron chi connectivity index (χ2n) is 4.60. The highest BCUT2D eigenvalue weighted by atomic mass is 16.1. The van der Waals surface area contributed by atoms with Crippen molar-refractivity contribution in [3.8, 4) is 0 Å². The molecule has 2 aromatic rings. The van der Waals surface area contributed by atoms with E-state index in [9.17, 15) is 4.79 Å². The summed E-state index contributed by atoms with van der Waals surface area (Å²) in [6.45, 7) is 6.19. The van der Waals surface area contributed by atoms with Gasteiger partial charge in [-0.15, -0.1) is 0 Å². The summed E-state index contributed by atoms with van der Waals surface area (Å²) in [4.78, 5) is 11.0. The first-order valence-electron chi connectivity index (χ1n) is 6.35. The van der Waals surface area contributed by atoms with Crippen LogP contribution in [0, 0.1) is 20.8 Å². The van der Waals surface area contributed by atoms with E-state index in [1.807, 2.05) is 31.2 Å². The van der Waals surface area contributed by atoms with Crippen LogP contribution in [0.3, 0.4) is 0 Å². The predicted octanol–water partition coefficient (Wildman–Crippen LogP) is 3.66. The van der Waals surface area contributed by atoms with Gasteiger partial charge in [-0.25, -0.2) is 0 Å². The van der Waals surface area contributed by atoms with Gasteiger partial charge in [-0.3, -0.25) is 4.79 Å². The third-order valence-corrected chi connectivity index (χ3v) is 2.76. The van der Waals surface area contributed by atoms with Gasteiger partial charge in [-0.2, -0.15) is 0 Å². The fourth-order valence-electron chi connectivity index (χ4n) is 1.49. The monoisotopic (exact) mass is 255 g/mol. The largest absolute Gasteiger partial charge is 0.355 e. The molecule has 0 fully saturated rings. The molecule has 0 spiro atoms. The van der Waals surface area contributed by atoms with E-state index in [1.165, 1.54) is 11.1 Å². The maximum atomic E-state index is 11.0. The van der Waals surface area contributed by atoms with E-state index in [0.29, 0.717) is 5.56 Å². The molecule has 0 aromatic heterocycles. The smallest absolute Gasteiger partial charge is 0.251 e. The van der Waals surface area contributed by atoms with Crippen molar-refractivity contribution in [1.29, 1.82) is 0 Å². The van der Waals surface area contributed by atoms with Crippen molar-refractivity contribution >= 4 is 5.91 Å². The van der Waals surface area contributed by atoms with Crippen LogP contribution < -0.4 is 5.32 Å². The summed E-state index contributed by atoms with van der Waals surface area (Å²) >= 11 is 0. The second kappa shape index (κ2) is 7.37. The topological polar surface area (TPSA) is 29.1 Å². The molecule has 2 heteroatoms. The Hall–Kier alpha value is -2.09. The molecular weight excluding hydrogens is 234 g/mol. The molecule has 0 aliphatic carbocycles. The van der Waals surface area contributed by atoms with Crippen LogP contribution in [0.1, 0.15) is 27.0 Å². The first-order valence-corrected chi connectivity index (χ1v) is 6.35. The zero-order valence-corrected chi connectivity index (χ0v) is 12.0. The number of hydrogen-bond donors (Lipinski definition) is 1. The van der Waals surface area contributed by atoms with Crippen molar-refractivity contribution in [2.24, 2.45) is 0 Å². The fourth-order valence-corrected chi connectivity index (χ4v) is 1.49. The van der Waals surface area contributed by atoms with E-state index in [-0.39, 0.29) is 5.91 Å². The molecule has 1 amide bonds. The zero-order valence-electron chi connectivity index (χ0n) is 12.0. The average molecular weight is 255 g/mol. The number of amides is 1. The lowest BCUT2D eigenvalue weighted by atomic mass is 10.1. The maximum absolute atomic E-state index is 11.0. The molecule has 2 aromatic carbocycles. The van der Waals surface area contributed by atoms with Crippen LogP contribution >= 0.6 is 0 Å². The number of aryl methyl sites for hydroxylation is 3. The Labute approximate surface area is 115 Å². The number of carbonyl (C=O) groups excluding carboxylic acids is 1. The van der Waals surface area contributed by atoms with Gasteiger partial charge in [-0.1, -0.05) is 53.1 Å². The summed E-state index contributed by atoms with van der Waals surface area (Å²) in [6.07, 6.45) is 0. The van der Waals surface area contributed by atoms with Crippen LogP contribution in [-0.4, -0.2) is 13.0 Å². The van der Waals surface area contributed by atoms with Crippen molar-refractivity contribution < 1.29 is 4.79 Å². The molecule has 0 radical (unpaired) electrons. The van der Waals surface area contributed by atoms with E-state index < -0.39 is 0 Å². The van der Waals surface area contributed by atoms with Gasteiger partial charge in [-0.05, 0) is 32.9 Å². The summed E-state index contributed by atoms with van der Waals surface area (Å²) in [5.74, 6) is -0.0370. The van der Waals surface area contributed by atoms with E-state index in [1.54, 1.807) is 7.05 Å². The lowest BCUT2D eigenvalue weighted by molar-refractivity contribution is 0.0963. The molecule has 2 nitrogen and oxygen atoms in total. The first kappa shape index (κ1) is 15.0. The van der Waals surface area contributed by atoms with Gasteiger partial charge in [0.1, 0.15) is 0 Å². The first-order chi connectivity index (χ1) is 9.02. The number of benzene rings is 2. The van der Waals surface area contributed by atoms with Crippen LogP contribution in [0.25, 0.3) is 0 Å². The van der Waals surface area contributed by atoms with Crippen molar-refractivity contribution in [2.45, 2.75) is 20.8 Å². The van der Waals surface area contributed by atoms with E-state index in [4.69, 9.17) is 0 Å². The SMILES string of the molecule is CNC(=O)c1ccc(C)cc1.Cc1ccc(C)cc1. The second-order valence-corrected chi connectivity index (χ2v) is 4.60. The lowest BCUT2D eigenvalue weighted by Gasteiger charge is -1.98. The zero-order chi connectivity index (χ0) is 14.3. The molecule has 0 bridgehead atoms. The summed E-state index contributed by atoms with van der Waals surface area (Å²) < 4.78 is 0. The summed E-state index contributed by atoms with van der Waals surface area (Å²) in [7, 11) is 1.63. The third kappa shape index (κ3) is 5.38. The molecule has 2 rings (SSSR count). The Morgan fingerprint density at radius 2 is 1.05 bits per heavy atom. The summed E-state index contributed by atoms with van der Waals surface area (Å²) in [5.41, 5.74) is 4.53.